The van der Waals surface area contributed by atoms with E-state index in [1.54, 1.807) is 6.92 Å². The van der Waals surface area contributed by atoms with Crippen molar-refractivity contribution in [3.05, 3.63) is 28.8 Å². The highest BCUT2D eigenvalue weighted by atomic mass is 16.3. The maximum absolute atomic E-state index is 9.38. The molecule has 1 rings (SSSR count). The van der Waals surface area contributed by atoms with Gasteiger partial charge in [-0.3, -0.25) is 0 Å². The number of benzene rings is 1. The molecular weight excluding hydrogens is 176 g/mol. The first-order chi connectivity index (χ1) is 6.45. The van der Waals surface area contributed by atoms with Crippen molar-refractivity contribution in [3.63, 3.8) is 0 Å². The van der Waals surface area contributed by atoms with E-state index in [9.17, 15) is 5.11 Å². The molecule has 0 aliphatic rings. The lowest BCUT2D eigenvalue weighted by Gasteiger charge is -2.19. The molecule has 0 saturated heterocycles. The fourth-order valence-electron chi connectivity index (χ4n) is 1.41. The molecule has 14 heavy (non-hydrogen) atoms. The van der Waals surface area contributed by atoms with Gasteiger partial charge in [-0.2, -0.15) is 0 Å². The fraction of sp³-hybridized carbons (Fsp3) is 0.455. The predicted molar refractivity (Wildman–Crippen MR) is 58.9 cm³/mol. The second-order valence-corrected chi connectivity index (χ2v) is 3.78. The molecule has 1 aromatic rings. The normalized spacial score (nSPS) is 15.2. The van der Waals surface area contributed by atoms with Gasteiger partial charge in [0, 0.05) is 5.69 Å². The summed E-state index contributed by atoms with van der Waals surface area (Å²) in [6, 6.07) is 3.45. The molecule has 1 aromatic carbocycles. The molecule has 0 saturated carbocycles. The Morgan fingerprint density at radius 3 is 2.36 bits per heavy atom. The highest BCUT2D eigenvalue weighted by Gasteiger charge is 2.16. The number of rotatable bonds is 2. The lowest BCUT2D eigenvalue weighted by molar-refractivity contribution is 0.164. The van der Waals surface area contributed by atoms with Crippen LogP contribution in [0.2, 0.25) is 0 Å². The van der Waals surface area contributed by atoms with Crippen LogP contribution in [0.15, 0.2) is 12.1 Å². The van der Waals surface area contributed by atoms with Crippen molar-refractivity contribution in [2.24, 2.45) is 5.73 Å². The van der Waals surface area contributed by atoms with Gasteiger partial charge in [-0.05, 0) is 37.5 Å². The van der Waals surface area contributed by atoms with Crippen molar-refractivity contribution in [1.82, 2.24) is 0 Å². The summed E-state index contributed by atoms with van der Waals surface area (Å²) in [4.78, 5) is 0. The van der Waals surface area contributed by atoms with Gasteiger partial charge in [-0.15, -0.1) is 0 Å². The van der Waals surface area contributed by atoms with Crippen molar-refractivity contribution in [2.45, 2.75) is 32.9 Å². The van der Waals surface area contributed by atoms with Gasteiger partial charge in [-0.1, -0.05) is 12.1 Å². The third kappa shape index (κ3) is 1.89. The molecule has 2 atom stereocenters. The molecule has 0 aliphatic carbocycles. The Morgan fingerprint density at radius 1 is 1.29 bits per heavy atom. The lowest BCUT2D eigenvalue weighted by Crippen LogP contribution is -2.24. The summed E-state index contributed by atoms with van der Waals surface area (Å²) < 4.78 is 0. The second-order valence-electron chi connectivity index (χ2n) is 3.78. The van der Waals surface area contributed by atoms with E-state index >= 15 is 0 Å². The highest BCUT2D eigenvalue weighted by molar-refractivity contribution is 5.57. The Morgan fingerprint density at radius 2 is 1.86 bits per heavy atom. The minimum atomic E-state index is -0.584. The number of aliphatic hydroxyl groups is 1. The first kappa shape index (κ1) is 11.0. The molecule has 0 amide bonds. The van der Waals surface area contributed by atoms with Crippen LogP contribution < -0.4 is 11.5 Å². The van der Waals surface area contributed by atoms with Crippen LogP contribution in [0, 0.1) is 13.8 Å². The van der Waals surface area contributed by atoms with Crippen LogP contribution in [0.4, 0.5) is 5.69 Å². The van der Waals surface area contributed by atoms with Gasteiger partial charge in [0.15, 0.2) is 0 Å². The minimum Gasteiger partial charge on any atom is -0.398 e. The molecular formula is C11H18N2O. The number of hydrogen-bond donors (Lipinski definition) is 3. The van der Waals surface area contributed by atoms with Gasteiger partial charge in [0.1, 0.15) is 0 Å². The number of aliphatic hydroxyl groups excluding tert-OH is 1. The van der Waals surface area contributed by atoms with Crippen LogP contribution in [0.25, 0.3) is 0 Å². The van der Waals surface area contributed by atoms with E-state index in [0.717, 1.165) is 16.7 Å². The maximum atomic E-state index is 9.38. The second kappa shape index (κ2) is 3.98. The molecule has 0 aliphatic heterocycles. The quantitative estimate of drug-likeness (QED) is 0.621. The number of nitrogens with two attached hydrogens (primary N) is 2. The average molecular weight is 194 g/mol. The number of nitrogen functional groups attached to an aromatic ring is 1. The number of aryl methyl sites for hydroxylation is 1. The van der Waals surface area contributed by atoms with Crippen LogP contribution >= 0.6 is 0 Å². The molecule has 5 N–H and O–H groups in total. The summed E-state index contributed by atoms with van der Waals surface area (Å²) in [7, 11) is 0. The van der Waals surface area contributed by atoms with Crippen molar-refractivity contribution in [2.75, 3.05) is 5.73 Å². The van der Waals surface area contributed by atoms with Gasteiger partial charge in [0.05, 0.1) is 12.1 Å². The largest absolute Gasteiger partial charge is 0.398 e. The molecule has 0 fully saturated rings. The monoisotopic (exact) mass is 194 g/mol. The predicted octanol–water partition coefficient (Wildman–Crippen LogP) is 1.27. The molecule has 0 unspecified atom stereocenters. The van der Waals surface area contributed by atoms with Crippen molar-refractivity contribution in [1.29, 1.82) is 0 Å². The lowest BCUT2D eigenvalue weighted by atomic mass is 9.96. The molecule has 78 valence electrons. The molecule has 0 heterocycles. The van der Waals surface area contributed by atoms with E-state index in [1.165, 1.54) is 0 Å². The van der Waals surface area contributed by atoms with Gasteiger partial charge in [0.2, 0.25) is 0 Å². The van der Waals surface area contributed by atoms with E-state index in [4.69, 9.17) is 11.5 Å². The molecule has 3 heteroatoms. The molecule has 3 nitrogen and oxygen atoms in total. The molecule has 0 radical (unpaired) electrons. The maximum Gasteiger partial charge on any atom is 0.0705 e. The number of anilines is 1. The fourth-order valence-corrected chi connectivity index (χ4v) is 1.41. The third-order valence-electron chi connectivity index (χ3n) is 2.70. The van der Waals surface area contributed by atoms with Gasteiger partial charge < -0.3 is 16.6 Å². The van der Waals surface area contributed by atoms with Crippen molar-refractivity contribution in [3.8, 4) is 0 Å². The van der Waals surface area contributed by atoms with Crippen LogP contribution in [0.3, 0.4) is 0 Å². The van der Waals surface area contributed by atoms with E-state index in [1.807, 2.05) is 26.0 Å². The smallest absolute Gasteiger partial charge is 0.0705 e. The Hall–Kier alpha value is -1.06. The highest BCUT2D eigenvalue weighted by Crippen LogP contribution is 2.26. The summed E-state index contributed by atoms with van der Waals surface area (Å²) in [6.07, 6.45) is -0.584. The van der Waals surface area contributed by atoms with Crippen LogP contribution in [-0.2, 0) is 0 Å². The molecule has 0 aromatic heterocycles. The third-order valence-corrected chi connectivity index (χ3v) is 2.70. The van der Waals surface area contributed by atoms with Gasteiger partial charge in [0.25, 0.3) is 0 Å². The first-order valence-electron chi connectivity index (χ1n) is 4.74. The summed E-state index contributed by atoms with van der Waals surface area (Å²) >= 11 is 0. The number of hydrogen-bond acceptors (Lipinski definition) is 3. The van der Waals surface area contributed by atoms with Gasteiger partial charge >= 0.3 is 0 Å². The summed E-state index contributed by atoms with van der Waals surface area (Å²) in [5, 5.41) is 9.38. The van der Waals surface area contributed by atoms with E-state index in [0.29, 0.717) is 5.69 Å². The first-order valence-corrected chi connectivity index (χ1v) is 4.74. The van der Waals surface area contributed by atoms with Crippen LogP contribution in [-0.4, -0.2) is 11.2 Å². The zero-order valence-corrected chi connectivity index (χ0v) is 8.91. The summed E-state index contributed by atoms with van der Waals surface area (Å²) in [5.41, 5.74) is 15.5. The van der Waals surface area contributed by atoms with Crippen LogP contribution in [0.5, 0.6) is 0 Å². The van der Waals surface area contributed by atoms with Crippen molar-refractivity contribution >= 4 is 5.69 Å². The Bertz CT molecular complexity index is 334. The Kier molecular flexibility index (Phi) is 3.13. The Balaban J connectivity index is 3.17. The minimum absolute atomic E-state index is 0.408. The molecule has 0 spiro atoms. The Labute approximate surface area is 84.7 Å². The SMILES string of the molecule is Cc1ccc([C@@H](N)[C@@H](C)O)c(N)c1C. The summed E-state index contributed by atoms with van der Waals surface area (Å²) in [6.45, 7) is 5.63. The van der Waals surface area contributed by atoms with Crippen LogP contribution in [0.1, 0.15) is 29.7 Å². The van der Waals surface area contributed by atoms with E-state index < -0.39 is 12.1 Å². The van der Waals surface area contributed by atoms with E-state index in [-0.39, 0.29) is 0 Å². The van der Waals surface area contributed by atoms with Crippen molar-refractivity contribution < 1.29 is 5.11 Å². The summed E-state index contributed by atoms with van der Waals surface area (Å²) in [5.74, 6) is 0. The topological polar surface area (TPSA) is 72.3 Å². The van der Waals surface area contributed by atoms with Gasteiger partial charge in [-0.25, -0.2) is 0 Å². The standard InChI is InChI=1S/C11H18N2O/c1-6-4-5-9(10(12)7(6)2)11(13)8(3)14/h4-5,8,11,14H,12-13H2,1-3H3/t8-,11+/m1/s1. The zero-order valence-electron chi connectivity index (χ0n) is 8.91. The van der Waals surface area contributed by atoms with E-state index in [2.05, 4.69) is 0 Å². The molecule has 0 bridgehead atoms. The zero-order chi connectivity index (χ0) is 10.9. The average Bonchev–Trinajstić information content (AvgIpc) is 2.13.